The molecule has 154 valence electrons. The number of rotatable bonds is 11. The minimum atomic E-state index is 0. The van der Waals surface area contributed by atoms with Crippen molar-refractivity contribution in [2.24, 2.45) is 0 Å². The lowest BCUT2D eigenvalue weighted by atomic mass is 10.1. The quantitative estimate of drug-likeness (QED) is 0.260. The van der Waals surface area contributed by atoms with Crippen molar-refractivity contribution < 1.29 is 0 Å². The molecule has 0 saturated carbocycles. The Morgan fingerprint density at radius 3 is 2.15 bits per heavy atom. The van der Waals surface area contributed by atoms with Crippen molar-refractivity contribution in [1.82, 2.24) is 9.80 Å². The highest BCUT2D eigenvalue weighted by molar-refractivity contribution is 6.30. The number of aryl methyl sites for hydroxylation is 1. The minimum absolute atomic E-state index is 0. The number of hydrogen-bond acceptors (Lipinski definition) is 2. The van der Waals surface area contributed by atoms with Crippen LogP contribution in [0, 0.1) is 6.92 Å². The summed E-state index contributed by atoms with van der Waals surface area (Å²) >= 11 is 12.7. The van der Waals surface area contributed by atoms with Gasteiger partial charge in [0, 0.05) is 23.8 Å². The maximum Gasteiger partial charge on any atom is 0.125 e. The van der Waals surface area contributed by atoms with E-state index in [-0.39, 0.29) is 12.4 Å². The topological polar surface area (TPSA) is 6.48 Å². The van der Waals surface area contributed by atoms with Crippen LogP contribution in [0.4, 0.5) is 0 Å². The SMILES string of the molecule is CCCCCCCCCCN1CN(Cc2ccc(Cl)cc2C)C(C)=C1Cl.Cl. The van der Waals surface area contributed by atoms with E-state index in [0.29, 0.717) is 0 Å². The van der Waals surface area contributed by atoms with Crippen LogP contribution in [0.15, 0.2) is 29.1 Å². The van der Waals surface area contributed by atoms with Crippen LogP contribution in [-0.2, 0) is 6.54 Å². The van der Waals surface area contributed by atoms with Crippen LogP contribution < -0.4 is 0 Å². The second kappa shape index (κ2) is 12.8. The first-order valence-electron chi connectivity index (χ1n) is 10.1. The van der Waals surface area contributed by atoms with Gasteiger partial charge in [-0.2, -0.15) is 0 Å². The molecule has 0 amide bonds. The summed E-state index contributed by atoms with van der Waals surface area (Å²) in [6.07, 6.45) is 10.8. The van der Waals surface area contributed by atoms with Crippen LogP contribution in [0.2, 0.25) is 5.02 Å². The van der Waals surface area contributed by atoms with Crippen molar-refractivity contribution in [1.29, 1.82) is 0 Å². The first kappa shape index (κ1) is 24.5. The molecule has 2 rings (SSSR count). The molecule has 0 unspecified atom stereocenters. The van der Waals surface area contributed by atoms with Gasteiger partial charge >= 0.3 is 0 Å². The normalized spacial score (nSPS) is 14.1. The van der Waals surface area contributed by atoms with Crippen molar-refractivity contribution in [2.75, 3.05) is 13.2 Å². The van der Waals surface area contributed by atoms with Crippen molar-refractivity contribution in [3.8, 4) is 0 Å². The molecule has 0 saturated heterocycles. The Bertz CT molecular complexity index is 601. The molecule has 2 nitrogen and oxygen atoms in total. The monoisotopic (exact) mass is 432 g/mol. The van der Waals surface area contributed by atoms with Crippen molar-refractivity contribution >= 4 is 35.6 Å². The van der Waals surface area contributed by atoms with Crippen molar-refractivity contribution in [3.63, 3.8) is 0 Å². The first-order chi connectivity index (χ1) is 12.5. The Morgan fingerprint density at radius 1 is 0.889 bits per heavy atom. The van der Waals surface area contributed by atoms with E-state index in [1.165, 1.54) is 68.2 Å². The first-order valence-corrected chi connectivity index (χ1v) is 10.9. The molecule has 5 heteroatoms. The van der Waals surface area contributed by atoms with E-state index in [2.05, 4.69) is 36.6 Å². The zero-order chi connectivity index (χ0) is 18.9. The van der Waals surface area contributed by atoms with E-state index in [9.17, 15) is 0 Å². The smallest absolute Gasteiger partial charge is 0.125 e. The van der Waals surface area contributed by atoms with Crippen LogP contribution in [-0.4, -0.2) is 23.0 Å². The van der Waals surface area contributed by atoms with Gasteiger partial charge < -0.3 is 9.80 Å². The van der Waals surface area contributed by atoms with Crippen LogP contribution in [0.1, 0.15) is 76.3 Å². The molecular weight excluding hydrogens is 399 g/mol. The number of nitrogens with zero attached hydrogens (tertiary/aromatic N) is 2. The van der Waals surface area contributed by atoms with Gasteiger partial charge in [-0.25, -0.2) is 0 Å². The number of halogens is 3. The molecule has 0 fully saturated rings. The third-order valence-electron chi connectivity index (χ3n) is 5.34. The van der Waals surface area contributed by atoms with Gasteiger partial charge in [-0.05, 0) is 43.5 Å². The van der Waals surface area contributed by atoms with Gasteiger partial charge in [0.25, 0.3) is 0 Å². The lowest BCUT2D eigenvalue weighted by molar-refractivity contribution is 0.243. The van der Waals surface area contributed by atoms with Gasteiger partial charge in [0.2, 0.25) is 0 Å². The van der Waals surface area contributed by atoms with Gasteiger partial charge in [0.1, 0.15) is 5.16 Å². The predicted molar refractivity (Wildman–Crippen MR) is 122 cm³/mol. The van der Waals surface area contributed by atoms with Gasteiger partial charge in [-0.15, -0.1) is 12.4 Å². The molecule has 0 atom stereocenters. The molecule has 1 aromatic carbocycles. The Kier molecular flexibility index (Phi) is 11.6. The van der Waals surface area contributed by atoms with E-state index in [1.54, 1.807) is 0 Å². The van der Waals surface area contributed by atoms with E-state index in [4.69, 9.17) is 23.2 Å². The summed E-state index contributed by atoms with van der Waals surface area (Å²) in [5.41, 5.74) is 3.73. The molecule has 0 radical (unpaired) electrons. The van der Waals surface area contributed by atoms with Crippen LogP contribution in [0.5, 0.6) is 0 Å². The Hall–Kier alpha value is -0.570. The minimum Gasteiger partial charge on any atom is -0.351 e. The lowest BCUT2D eigenvalue weighted by Gasteiger charge is -2.24. The zero-order valence-corrected chi connectivity index (χ0v) is 19.4. The maximum absolute atomic E-state index is 6.59. The molecule has 27 heavy (non-hydrogen) atoms. The Balaban J connectivity index is 0.00000364. The van der Waals surface area contributed by atoms with E-state index in [1.807, 2.05) is 12.1 Å². The van der Waals surface area contributed by atoms with Gasteiger partial charge in [0.05, 0.1) is 6.67 Å². The van der Waals surface area contributed by atoms with E-state index in [0.717, 1.165) is 29.9 Å². The predicted octanol–water partition coefficient (Wildman–Crippen LogP) is 7.71. The molecule has 1 aromatic rings. The summed E-state index contributed by atoms with van der Waals surface area (Å²) in [6.45, 7) is 9.35. The van der Waals surface area contributed by atoms with Gasteiger partial charge in [-0.3, -0.25) is 0 Å². The second-order valence-corrected chi connectivity index (χ2v) is 8.32. The lowest BCUT2D eigenvalue weighted by Crippen LogP contribution is -2.28. The maximum atomic E-state index is 6.59. The average Bonchev–Trinajstić information content (AvgIpc) is 2.88. The zero-order valence-electron chi connectivity index (χ0n) is 17.1. The summed E-state index contributed by atoms with van der Waals surface area (Å²) in [4.78, 5) is 4.68. The summed E-state index contributed by atoms with van der Waals surface area (Å²) in [6, 6.07) is 6.13. The van der Waals surface area contributed by atoms with Gasteiger partial charge in [0.15, 0.2) is 0 Å². The second-order valence-electron chi connectivity index (χ2n) is 7.52. The number of hydrogen-bond donors (Lipinski definition) is 0. The highest BCUT2D eigenvalue weighted by atomic mass is 35.5. The third kappa shape index (κ3) is 7.75. The fraction of sp³-hybridized carbons (Fsp3) is 0.636. The average molecular weight is 434 g/mol. The molecule has 0 aliphatic carbocycles. The van der Waals surface area contributed by atoms with Crippen LogP contribution in [0.3, 0.4) is 0 Å². The third-order valence-corrected chi connectivity index (χ3v) is 6.09. The van der Waals surface area contributed by atoms with Crippen LogP contribution in [0.25, 0.3) is 0 Å². The van der Waals surface area contributed by atoms with E-state index >= 15 is 0 Å². The standard InChI is InChI=1S/C22H34Cl2N2.ClH/c1-4-5-6-7-8-9-10-11-14-25-17-26(19(3)22(25)24)16-20-12-13-21(23)15-18(20)2;/h12-13,15H,4-11,14,16-17H2,1-3H3;1H. The van der Waals surface area contributed by atoms with E-state index < -0.39 is 0 Å². The molecular formula is C22H35Cl3N2. The molecule has 0 bridgehead atoms. The highest BCUT2D eigenvalue weighted by Crippen LogP contribution is 2.29. The van der Waals surface area contributed by atoms with Crippen molar-refractivity contribution in [3.05, 3.63) is 45.2 Å². The summed E-state index contributed by atoms with van der Waals surface area (Å²) < 4.78 is 0. The number of benzene rings is 1. The molecule has 1 heterocycles. The van der Waals surface area contributed by atoms with Crippen molar-refractivity contribution in [2.45, 2.75) is 78.7 Å². The summed E-state index contributed by atoms with van der Waals surface area (Å²) in [5, 5.41) is 1.72. The fourth-order valence-electron chi connectivity index (χ4n) is 3.55. The van der Waals surface area contributed by atoms with Crippen LogP contribution >= 0.6 is 35.6 Å². The molecule has 1 aliphatic rings. The Labute approximate surface area is 182 Å². The highest BCUT2D eigenvalue weighted by Gasteiger charge is 2.24. The molecule has 0 aromatic heterocycles. The van der Waals surface area contributed by atoms with Gasteiger partial charge in [-0.1, -0.05) is 81.1 Å². The fourth-order valence-corrected chi connectivity index (χ4v) is 4.03. The summed E-state index contributed by atoms with van der Waals surface area (Å²) in [7, 11) is 0. The molecule has 0 spiro atoms. The number of unbranched alkanes of at least 4 members (excludes halogenated alkanes) is 7. The number of allylic oxidation sites excluding steroid dienone is 1. The summed E-state index contributed by atoms with van der Waals surface area (Å²) in [5.74, 6) is 0. The molecule has 1 aliphatic heterocycles. The Morgan fingerprint density at radius 2 is 1.52 bits per heavy atom. The largest absolute Gasteiger partial charge is 0.351 e. The molecule has 0 N–H and O–H groups in total.